The van der Waals surface area contributed by atoms with Crippen LogP contribution >= 0.6 is 0 Å². The fourth-order valence-corrected chi connectivity index (χ4v) is 3.76. The van der Waals surface area contributed by atoms with Crippen LogP contribution in [-0.4, -0.2) is 32.4 Å². The fourth-order valence-electron chi connectivity index (χ4n) is 2.45. The minimum atomic E-state index is -4.00. The van der Waals surface area contributed by atoms with Crippen LogP contribution in [0.15, 0.2) is 47.4 Å². The lowest BCUT2D eigenvalue weighted by Gasteiger charge is -2.15. The lowest BCUT2D eigenvalue weighted by molar-refractivity contribution is -0.129. The van der Waals surface area contributed by atoms with E-state index < -0.39 is 33.8 Å². The van der Waals surface area contributed by atoms with Gasteiger partial charge in [0.15, 0.2) is 6.10 Å². The van der Waals surface area contributed by atoms with Crippen LogP contribution in [0.1, 0.15) is 36.7 Å². The molecule has 2 aromatic carbocycles. The van der Waals surface area contributed by atoms with Gasteiger partial charge in [0, 0.05) is 17.3 Å². The Morgan fingerprint density at radius 2 is 1.66 bits per heavy atom. The van der Waals surface area contributed by atoms with Crippen molar-refractivity contribution < 1.29 is 27.1 Å². The van der Waals surface area contributed by atoms with Crippen molar-refractivity contribution in [3.63, 3.8) is 0 Å². The van der Waals surface area contributed by atoms with Crippen molar-refractivity contribution >= 4 is 27.6 Å². The summed E-state index contributed by atoms with van der Waals surface area (Å²) in [4.78, 5) is 23.8. The normalized spacial score (nSPS) is 12.3. The number of sulfonamides is 1. The highest BCUT2D eigenvalue weighted by Gasteiger charge is 2.21. The fraction of sp³-hybridized carbons (Fsp3) is 0.300. The highest BCUT2D eigenvalue weighted by atomic mass is 32.2. The molecular weight excluding hydrogens is 399 g/mol. The third kappa shape index (κ3) is 5.77. The molecule has 0 aromatic heterocycles. The van der Waals surface area contributed by atoms with Gasteiger partial charge in [0.25, 0.3) is 15.9 Å². The standard InChI is InChI=1S/C20H23FN2O5S/c1-12(2)22-19(24)14(4)28-20(25)15-8-10-16(11-9-15)23-29(26,27)18-7-5-6-17(21)13(18)3/h5-12,14,23H,1-4H3,(H,22,24)/t14-/m1/s1. The van der Waals surface area contributed by atoms with Gasteiger partial charge in [-0.15, -0.1) is 0 Å². The van der Waals surface area contributed by atoms with Gasteiger partial charge in [0.05, 0.1) is 10.5 Å². The molecule has 2 rings (SSSR count). The smallest absolute Gasteiger partial charge is 0.338 e. The summed E-state index contributed by atoms with van der Waals surface area (Å²) in [5.41, 5.74) is 0.351. The van der Waals surface area contributed by atoms with E-state index in [0.717, 1.165) is 0 Å². The number of nitrogens with one attached hydrogen (secondary N) is 2. The van der Waals surface area contributed by atoms with Crippen LogP contribution in [0.4, 0.5) is 10.1 Å². The Morgan fingerprint density at radius 1 is 1.03 bits per heavy atom. The zero-order chi connectivity index (χ0) is 21.8. The third-order valence-electron chi connectivity index (χ3n) is 3.96. The van der Waals surface area contributed by atoms with Crippen LogP contribution in [0.25, 0.3) is 0 Å². The third-order valence-corrected chi connectivity index (χ3v) is 5.49. The Hall–Kier alpha value is -2.94. The Labute approximate surface area is 169 Å². The molecule has 0 radical (unpaired) electrons. The molecule has 9 heteroatoms. The maximum atomic E-state index is 13.6. The van der Waals surface area contributed by atoms with E-state index in [-0.39, 0.29) is 27.8 Å². The summed E-state index contributed by atoms with van der Waals surface area (Å²) in [6, 6.07) is 9.19. The van der Waals surface area contributed by atoms with Crippen LogP contribution < -0.4 is 10.0 Å². The van der Waals surface area contributed by atoms with Crippen molar-refractivity contribution in [1.82, 2.24) is 5.32 Å². The second-order valence-electron chi connectivity index (χ2n) is 6.76. The van der Waals surface area contributed by atoms with E-state index in [4.69, 9.17) is 4.74 Å². The second kappa shape index (κ2) is 9.04. The van der Waals surface area contributed by atoms with Gasteiger partial charge in [0.1, 0.15) is 5.82 Å². The molecule has 0 aliphatic rings. The van der Waals surface area contributed by atoms with Crippen molar-refractivity contribution in [2.24, 2.45) is 0 Å². The van der Waals surface area contributed by atoms with Gasteiger partial charge in [-0.05, 0) is 64.1 Å². The van der Waals surface area contributed by atoms with Gasteiger partial charge < -0.3 is 10.1 Å². The van der Waals surface area contributed by atoms with E-state index in [2.05, 4.69) is 10.0 Å². The number of rotatable bonds is 7. The number of carbonyl (C=O) groups excluding carboxylic acids is 2. The lowest BCUT2D eigenvalue weighted by Crippen LogP contribution is -2.39. The Balaban J connectivity index is 2.09. The predicted octanol–water partition coefficient (Wildman–Crippen LogP) is 3.00. The van der Waals surface area contributed by atoms with E-state index in [1.165, 1.54) is 56.3 Å². The summed E-state index contributed by atoms with van der Waals surface area (Å²) in [7, 11) is -4.00. The minimum Gasteiger partial charge on any atom is -0.449 e. The molecule has 0 saturated heterocycles. The Kier molecular flexibility index (Phi) is 6.97. The highest BCUT2D eigenvalue weighted by molar-refractivity contribution is 7.92. The SMILES string of the molecule is Cc1c(F)cccc1S(=O)(=O)Nc1ccc(C(=O)O[C@H](C)C(=O)NC(C)C)cc1. The van der Waals surface area contributed by atoms with Crippen molar-refractivity contribution in [1.29, 1.82) is 0 Å². The van der Waals surface area contributed by atoms with Crippen molar-refractivity contribution in [2.45, 2.75) is 44.7 Å². The van der Waals surface area contributed by atoms with Crippen molar-refractivity contribution in [2.75, 3.05) is 4.72 Å². The number of ether oxygens (including phenoxy) is 1. The molecule has 0 aliphatic heterocycles. The molecule has 2 aromatic rings. The summed E-state index contributed by atoms with van der Waals surface area (Å²) < 4.78 is 46.1. The lowest BCUT2D eigenvalue weighted by atomic mass is 10.2. The first-order valence-corrected chi connectivity index (χ1v) is 10.4. The van der Waals surface area contributed by atoms with Crippen LogP contribution in [-0.2, 0) is 19.6 Å². The summed E-state index contributed by atoms with van der Waals surface area (Å²) in [6.45, 7) is 6.41. The monoisotopic (exact) mass is 422 g/mol. The van der Waals surface area contributed by atoms with Gasteiger partial charge in [-0.2, -0.15) is 0 Å². The zero-order valence-electron chi connectivity index (χ0n) is 16.5. The second-order valence-corrected chi connectivity index (χ2v) is 8.41. The maximum Gasteiger partial charge on any atom is 0.338 e. The molecule has 2 N–H and O–H groups in total. The molecule has 1 amide bonds. The Bertz CT molecular complexity index is 1000. The first-order chi connectivity index (χ1) is 13.5. The number of esters is 1. The first kappa shape index (κ1) is 22.4. The molecular formula is C20H23FN2O5S. The van der Waals surface area contributed by atoms with Gasteiger partial charge >= 0.3 is 5.97 Å². The van der Waals surface area contributed by atoms with Crippen molar-refractivity contribution in [3.05, 3.63) is 59.4 Å². The summed E-state index contributed by atoms with van der Waals surface area (Å²) >= 11 is 0. The van der Waals surface area contributed by atoms with Crippen LogP contribution in [0.3, 0.4) is 0 Å². The molecule has 0 aliphatic carbocycles. The van der Waals surface area contributed by atoms with E-state index in [0.29, 0.717) is 0 Å². The molecule has 0 fully saturated rings. The van der Waals surface area contributed by atoms with E-state index in [1.807, 2.05) is 0 Å². The topological polar surface area (TPSA) is 102 Å². The number of anilines is 1. The molecule has 1 atom stereocenters. The predicted molar refractivity (Wildman–Crippen MR) is 107 cm³/mol. The minimum absolute atomic E-state index is 0.00820. The maximum absolute atomic E-state index is 13.6. The van der Waals surface area contributed by atoms with Gasteiger partial charge in [-0.3, -0.25) is 9.52 Å². The average molecular weight is 422 g/mol. The zero-order valence-corrected chi connectivity index (χ0v) is 17.3. The Morgan fingerprint density at radius 3 is 2.24 bits per heavy atom. The molecule has 0 spiro atoms. The highest BCUT2D eigenvalue weighted by Crippen LogP contribution is 2.21. The van der Waals surface area contributed by atoms with Crippen molar-refractivity contribution in [3.8, 4) is 0 Å². The van der Waals surface area contributed by atoms with E-state index >= 15 is 0 Å². The summed E-state index contributed by atoms with van der Waals surface area (Å²) in [5, 5.41) is 2.64. The van der Waals surface area contributed by atoms with E-state index in [9.17, 15) is 22.4 Å². The molecule has 7 nitrogen and oxygen atoms in total. The number of hydrogen-bond donors (Lipinski definition) is 2. The van der Waals surface area contributed by atoms with Crippen LogP contribution in [0.5, 0.6) is 0 Å². The molecule has 0 unspecified atom stereocenters. The molecule has 156 valence electrons. The quantitative estimate of drug-likeness (QED) is 0.668. The van der Waals surface area contributed by atoms with E-state index in [1.54, 1.807) is 13.8 Å². The number of amides is 1. The molecule has 0 bridgehead atoms. The number of halogens is 1. The van der Waals surface area contributed by atoms with Gasteiger partial charge in [-0.25, -0.2) is 17.6 Å². The van der Waals surface area contributed by atoms with Gasteiger partial charge in [0.2, 0.25) is 0 Å². The van der Waals surface area contributed by atoms with Gasteiger partial charge in [-0.1, -0.05) is 6.07 Å². The molecule has 29 heavy (non-hydrogen) atoms. The number of hydrogen-bond acceptors (Lipinski definition) is 5. The summed E-state index contributed by atoms with van der Waals surface area (Å²) in [6.07, 6.45) is -0.973. The molecule has 0 saturated carbocycles. The summed E-state index contributed by atoms with van der Waals surface area (Å²) in [5.74, 6) is -1.75. The molecule has 0 heterocycles. The number of carbonyl (C=O) groups is 2. The largest absolute Gasteiger partial charge is 0.449 e. The first-order valence-electron chi connectivity index (χ1n) is 8.90. The number of benzene rings is 2. The average Bonchev–Trinajstić information content (AvgIpc) is 2.63. The van der Waals surface area contributed by atoms with Crippen LogP contribution in [0, 0.1) is 12.7 Å². The van der Waals surface area contributed by atoms with Crippen LogP contribution in [0.2, 0.25) is 0 Å².